The van der Waals surface area contributed by atoms with Gasteiger partial charge in [-0.25, -0.2) is 8.42 Å². The highest BCUT2D eigenvalue weighted by atomic mass is 35.5. The Balaban J connectivity index is 1.78. The van der Waals surface area contributed by atoms with E-state index >= 15 is 0 Å². The average Bonchev–Trinajstić information content (AvgIpc) is 3.00. The van der Waals surface area contributed by atoms with Crippen molar-refractivity contribution in [3.63, 3.8) is 0 Å². The number of aromatic amines is 1. The monoisotopic (exact) mass is 376 g/mol. The van der Waals surface area contributed by atoms with E-state index in [-0.39, 0.29) is 16.8 Å². The van der Waals surface area contributed by atoms with Gasteiger partial charge in [0.05, 0.1) is 10.9 Å². The number of sulfone groups is 1. The smallest absolute Gasteiger partial charge is 0.268 e. The minimum Gasteiger partial charge on any atom is -0.350 e. The van der Waals surface area contributed by atoms with Crippen LogP contribution in [0.2, 0.25) is 5.02 Å². The van der Waals surface area contributed by atoms with Gasteiger partial charge < -0.3 is 10.3 Å². The van der Waals surface area contributed by atoms with Gasteiger partial charge in [-0.1, -0.05) is 29.8 Å². The van der Waals surface area contributed by atoms with Crippen molar-refractivity contribution in [1.82, 2.24) is 10.3 Å². The Morgan fingerprint density at radius 1 is 1.16 bits per heavy atom. The summed E-state index contributed by atoms with van der Waals surface area (Å²) < 4.78 is 23.0. The molecule has 3 aromatic rings. The number of hydrogen-bond acceptors (Lipinski definition) is 3. The van der Waals surface area contributed by atoms with Crippen LogP contribution < -0.4 is 5.32 Å². The maximum Gasteiger partial charge on any atom is 0.268 e. The molecule has 0 saturated heterocycles. The van der Waals surface area contributed by atoms with Gasteiger partial charge in [-0.05, 0) is 42.8 Å². The summed E-state index contributed by atoms with van der Waals surface area (Å²) in [6, 6.07) is 13.3. The predicted octanol–water partition coefficient (Wildman–Crippen LogP) is 3.72. The van der Waals surface area contributed by atoms with Crippen LogP contribution in [0.15, 0.2) is 53.4 Å². The molecule has 0 aliphatic rings. The SMILES string of the molecule is CC(NC(=O)c1cc2c(Cl)cccc2[nH]1)c1ccc(S(C)(=O)=O)cc1. The standard InChI is InChI=1S/C18H17ClN2O3S/c1-11(12-6-8-13(9-7-12)25(2,23)24)20-18(22)17-10-14-15(19)4-3-5-16(14)21-17/h3-11,21H,1-2H3,(H,20,22). The van der Waals surface area contributed by atoms with Crippen LogP contribution >= 0.6 is 11.6 Å². The fourth-order valence-corrected chi connectivity index (χ4v) is 3.46. The first-order valence-corrected chi connectivity index (χ1v) is 9.91. The second-order valence-corrected chi connectivity index (χ2v) is 8.34. The Kier molecular flexibility index (Phi) is 4.58. The van der Waals surface area contributed by atoms with Crippen molar-refractivity contribution < 1.29 is 13.2 Å². The number of benzene rings is 2. The number of aromatic nitrogens is 1. The van der Waals surface area contributed by atoms with E-state index in [4.69, 9.17) is 11.6 Å². The third-order valence-corrected chi connectivity index (χ3v) is 5.47. The Labute approximate surface area is 150 Å². The van der Waals surface area contributed by atoms with Gasteiger partial charge >= 0.3 is 0 Å². The molecule has 5 nitrogen and oxygen atoms in total. The molecule has 0 saturated carbocycles. The Morgan fingerprint density at radius 2 is 1.84 bits per heavy atom. The molecule has 2 N–H and O–H groups in total. The van der Waals surface area contributed by atoms with Crippen LogP contribution in [0.1, 0.15) is 29.0 Å². The van der Waals surface area contributed by atoms with Gasteiger partial charge in [0.25, 0.3) is 5.91 Å². The molecule has 1 heterocycles. The fourth-order valence-electron chi connectivity index (χ4n) is 2.60. The molecule has 0 radical (unpaired) electrons. The van der Waals surface area contributed by atoms with Crippen molar-refractivity contribution in [3.05, 3.63) is 64.8 Å². The van der Waals surface area contributed by atoms with Crippen molar-refractivity contribution >= 4 is 38.2 Å². The first-order chi connectivity index (χ1) is 11.8. The van der Waals surface area contributed by atoms with Gasteiger partial charge in [0.15, 0.2) is 9.84 Å². The number of halogens is 1. The van der Waals surface area contributed by atoms with Crippen LogP contribution in [0, 0.1) is 0 Å². The topological polar surface area (TPSA) is 79.0 Å². The first kappa shape index (κ1) is 17.5. The van der Waals surface area contributed by atoms with Crippen LogP contribution in [-0.2, 0) is 9.84 Å². The second kappa shape index (κ2) is 6.54. The molecule has 0 fully saturated rings. The lowest BCUT2D eigenvalue weighted by Crippen LogP contribution is -2.26. The van der Waals surface area contributed by atoms with E-state index in [1.165, 1.54) is 12.1 Å². The molecular formula is C18H17ClN2O3S. The van der Waals surface area contributed by atoms with Crippen LogP contribution in [0.3, 0.4) is 0 Å². The molecule has 0 aliphatic carbocycles. The molecule has 1 aromatic heterocycles. The summed E-state index contributed by atoms with van der Waals surface area (Å²) in [6.45, 7) is 1.84. The second-order valence-electron chi connectivity index (χ2n) is 5.92. The van der Waals surface area contributed by atoms with E-state index in [0.717, 1.165) is 22.7 Å². The highest BCUT2D eigenvalue weighted by Crippen LogP contribution is 2.24. The van der Waals surface area contributed by atoms with Gasteiger partial charge in [0.1, 0.15) is 5.69 Å². The third-order valence-electron chi connectivity index (χ3n) is 4.01. The highest BCUT2D eigenvalue weighted by Gasteiger charge is 2.15. The zero-order valence-corrected chi connectivity index (χ0v) is 15.3. The summed E-state index contributed by atoms with van der Waals surface area (Å²) in [6.07, 6.45) is 1.16. The summed E-state index contributed by atoms with van der Waals surface area (Å²) in [7, 11) is -3.24. The molecule has 25 heavy (non-hydrogen) atoms. The number of carbonyl (C=O) groups is 1. The molecule has 130 valence electrons. The van der Waals surface area contributed by atoms with E-state index in [9.17, 15) is 13.2 Å². The van der Waals surface area contributed by atoms with Crippen LogP contribution in [-0.4, -0.2) is 25.6 Å². The van der Waals surface area contributed by atoms with Gasteiger partial charge in [-0.3, -0.25) is 4.79 Å². The molecule has 0 aliphatic heterocycles. The summed E-state index contributed by atoms with van der Waals surface area (Å²) in [5.74, 6) is -0.257. The van der Waals surface area contributed by atoms with Crippen LogP contribution in [0.4, 0.5) is 0 Å². The van der Waals surface area contributed by atoms with Crippen LogP contribution in [0.5, 0.6) is 0 Å². The lowest BCUT2D eigenvalue weighted by atomic mass is 10.1. The minimum atomic E-state index is -3.24. The normalized spacial score (nSPS) is 12.9. The number of hydrogen-bond donors (Lipinski definition) is 2. The average molecular weight is 377 g/mol. The Morgan fingerprint density at radius 3 is 2.44 bits per heavy atom. The Hall–Kier alpha value is -2.31. The largest absolute Gasteiger partial charge is 0.350 e. The molecule has 1 atom stereocenters. The van der Waals surface area contributed by atoms with E-state index in [2.05, 4.69) is 10.3 Å². The van der Waals surface area contributed by atoms with E-state index in [1.807, 2.05) is 19.1 Å². The number of amides is 1. The number of H-pyrrole nitrogens is 1. The van der Waals surface area contributed by atoms with Crippen molar-refractivity contribution in [3.8, 4) is 0 Å². The molecule has 1 amide bonds. The number of fused-ring (bicyclic) bond motifs is 1. The lowest BCUT2D eigenvalue weighted by Gasteiger charge is -2.14. The van der Waals surface area contributed by atoms with E-state index in [0.29, 0.717) is 10.7 Å². The van der Waals surface area contributed by atoms with E-state index in [1.54, 1.807) is 24.3 Å². The van der Waals surface area contributed by atoms with E-state index < -0.39 is 9.84 Å². The number of nitrogens with one attached hydrogen (secondary N) is 2. The summed E-state index contributed by atoms with van der Waals surface area (Å²) in [5, 5.41) is 4.26. The molecular weight excluding hydrogens is 360 g/mol. The third kappa shape index (κ3) is 3.70. The summed E-state index contributed by atoms with van der Waals surface area (Å²) in [5.41, 5.74) is 2.03. The summed E-state index contributed by atoms with van der Waals surface area (Å²) in [4.78, 5) is 15.8. The zero-order chi connectivity index (χ0) is 18.2. The van der Waals surface area contributed by atoms with Crippen molar-refractivity contribution in [2.45, 2.75) is 17.9 Å². The van der Waals surface area contributed by atoms with Crippen molar-refractivity contribution in [2.75, 3.05) is 6.26 Å². The number of carbonyl (C=O) groups excluding carboxylic acids is 1. The maximum atomic E-state index is 12.5. The summed E-state index contributed by atoms with van der Waals surface area (Å²) >= 11 is 6.13. The lowest BCUT2D eigenvalue weighted by molar-refractivity contribution is 0.0935. The highest BCUT2D eigenvalue weighted by molar-refractivity contribution is 7.90. The van der Waals surface area contributed by atoms with Gasteiger partial charge in [-0.15, -0.1) is 0 Å². The zero-order valence-electron chi connectivity index (χ0n) is 13.7. The molecule has 2 aromatic carbocycles. The number of rotatable bonds is 4. The quantitative estimate of drug-likeness (QED) is 0.728. The minimum absolute atomic E-state index is 0.250. The van der Waals surface area contributed by atoms with Crippen LogP contribution in [0.25, 0.3) is 10.9 Å². The Bertz CT molecular complexity index is 1040. The van der Waals surface area contributed by atoms with Gasteiger partial charge in [0.2, 0.25) is 0 Å². The molecule has 0 spiro atoms. The fraction of sp³-hybridized carbons (Fsp3) is 0.167. The molecule has 7 heteroatoms. The van der Waals surface area contributed by atoms with Crippen molar-refractivity contribution in [2.24, 2.45) is 0 Å². The predicted molar refractivity (Wildman–Crippen MR) is 98.7 cm³/mol. The molecule has 3 rings (SSSR count). The first-order valence-electron chi connectivity index (χ1n) is 7.64. The molecule has 1 unspecified atom stereocenters. The molecule has 0 bridgehead atoms. The van der Waals surface area contributed by atoms with Gasteiger partial charge in [-0.2, -0.15) is 0 Å². The van der Waals surface area contributed by atoms with Gasteiger partial charge in [0, 0.05) is 22.2 Å². The van der Waals surface area contributed by atoms with Crippen molar-refractivity contribution in [1.29, 1.82) is 0 Å². The maximum absolute atomic E-state index is 12.5.